The van der Waals surface area contributed by atoms with Gasteiger partial charge in [0.15, 0.2) is 0 Å². The van der Waals surface area contributed by atoms with Crippen molar-refractivity contribution in [1.29, 1.82) is 0 Å². The summed E-state index contributed by atoms with van der Waals surface area (Å²) in [5.74, 6) is 0.0319. The largest absolute Gasteiger partial charge is 0.444 e. The van der Waals surface area contributed by atoms with Crippen molar-refractivity contribution in [3.63, 3.8) is 0 Å². The average Bonchev–Trinajstić information content (AvgIpc) is 3.11. The molecule has 0 N–H and O–H groups in total. The molecule has 1 aromatic carbocycles. The second-order valence-corrected chi connectivity index (χ2v) is 12.8. The maximum absolute atomic E-state index is 13.8. The van der Waals surface area contributed by atoms with E-state index in [1.54, 1.807) is 12.0 Å². The number of rotatable bonds is 6. The summed E-state index contributed by atoms with van der Waals surface area (Å²) in [5.41, 5.74) is 3.24. The first-order valence-corrected chi connectivity index (χ1v) is 13.9. The molecule has 3 heterocycles. The van der Waals surface area contributed by atoms with Crippen molar-refractivity contribution in [1.82, 2.24) is 14.8 Å². The lowest BCUT2D eigenvalue weighted by Gasteiger charge is -2.45. The molecule has 0 saturated carbocycles. The number of nitrogens with zero attached hydrogens (tertiary/aromatic N) is 4. The van der Waals surface area contributed by atoms with Crippen molar-refractivity contribution in [2.45, 2.75) is 71.1 Å². The number of carbonyl (C=O) groups excluding carboxylic acids is 2. The van der Waals surface area contributed by atoms with Crippen LogP contribution in [0.5, 0.6) is 0 Å². The number of anilines is 1. The predicted octanol–water partition coefficient (Wildman–Crippen LogP) is 4.91. The Hall–Kier alpha value is -2.68. The molecule has 9 heteroatoms. The fourth-order valence-electron chi connectivity index (χ4n) is 5.42. The number of amides is 2. The fourth-order valence-corrected chi connectivity index (χ4v) is 5.54. The summed E-state index contributed by atoms with van der Waals surface area (Å²) in [6.45, 7) is 14.1. The van der Waals surface area contributed by atoms with E-state index in [9.17, 15) is 9.59 Å². The highest BCUT2D eigenvalue weighted by molar-refractivity contribution is 6.30. The molecule has 2 aromatic rings. The normalized spacial score (nSPS) is 21.1. The molecule has 39 heavy (non-hydrogen) atoms. The summed E-state index contributed by atoms with van der Waals surface area (Å²) >= 11 is 6.05. The third-order valence-corrected chi connectivity index (χ3v) is 7.64. The minimum Gasteiger partial charge on any atom is -0.444 e. The zero-order chi connectivity index (χ0) is 28.5. The lowest BCUT2D eigenvalue weighted by molar-refractivity contribution is -0.121. The van der Waals surface area contributed by atoms with E-state index in [2.05, 4.69) is 18.7 Å². The molecule has 2 atom stereocenters. The van der Waals surface area contributed by atoms with Crippen molar-refractivity contribution in [3.8, 4) is 0 Å². The number of piperazine rings is 1. The highest BCUT2D eigenvalue weighted by atomic mass is 35.5. The molecule has 0 aliphatic carbocycles. The van der Waals surface area contributed by atoms with Gasteiger partial charge >= 0.3 is 6.09 Å². The Morgan fingerprint density at radius 3 is 2.49 bits per heavy atom. The molecular formula is C30H41ClN4O4. The highest BCUT2D eigenvalue weighted by Gasteiger charge is 2.41. The van der Waals surface area contributed by atoms with E-state index >= 15 is 0 Å². The minimum absolute atomic E-state index is 0.0319. The van der Waals surface area contributed by atoms with Gasteiger partial charge in [-0.05, 0) is 51.5 Å². The number of ether oxygens (including phenoxy) is 2. The molecule has 1 saturated heterocycles. The molecule has 0 unspecified atom stereocenters. The first kappa shape index (κ1) is 29.3. The number of hydrogen-bond acceptors (Lipinski definition) is 6. The van der Waals surface area contributed by atoms with Gasteiger partial charge in [0.05, 0.1) is 24.9 Å². The van der Waals surface area contributed by atoms with Crippen LogP contribution in [0.3, 0.4) is 0 Å². The maximum atomic E-state index is 13.8. The van der Waals surface area contributed by atoms with Gasteiger partial charge in [0.2, 0.25) is 5.91 Å². The SMILES string of the molecule is COC[C@H]1CN(C(=O)OC(C)(C)C)[C@H](C)CN1CC(=O)N1CC(C)(C)c2cnc(Cc3ccc(Cl)cc3)cc21. The monoisotopic (exact) mass is 556 g/mol. The molecule has 8 nitrogen and oxygen atoms in total. The smallest absolute Gasteiger partial charge is 0.410 e. The molecule has 4 rings (SSSR count). The Morgan fingerprint density at radius 2 is 1.85 bits per heavy atom. The van der Waals surface area contributed by atoms with E-state index in [1.807, 2.05) is 69.1 Å². The van der Waals surface area contributed by atoms with Crippen molar-refractivity contribution in [2.75, 3.05) is 44.8 Å². The van der Waals surface area contributed by atoms with Crippen LogP contribution >= 0.6 is 11.6 Å². The molecule has 212 valence electrons. The number of carbonyl (C=O) groups is 2. The van der Waals surface area contributed by atoms with Gasteiger partial charge in [-0.2, -0.15) is 0 Å². The zero-order valence-corrected chi connectivity index (χ0v) is 24.9. The third kappa shape index (κ3) is 6.91. The lowest BCUT2D eigenvalue weighted by Crippen LogP contribution is -2.62. The first-order chi connectivity index (χ1) is 18.3. The van der Waals surface area contributed by atoms with Crippen LogP contribution in [0, 0.1) is 0 Å². The van der Waals surface area contributed by atoms with Crippen LogP contribution in [0.25, 0.3) is 0 Å². The van der Waals surface area contributed by atoms with Gasteiger partial charge in [0.1, 0.15) is 5.60 Å². The lowest BCUT2D eigenvalue weighted by atomic mass is 9.88. The van der Waals surface area contributed by atoms with Gasteiger partial charge in [0.25, 0.3) is 0 Å². The Morgan fingerprint density at radius 1 is 1.15 bits per heavy atom. The molecule has 1 aromatic heterocycles. The molecule has 2 aliphatic rings. The van der Waals surface area contributed by atoms with Gasteiger partial charge in [-0.25, -0.2) is 4.79 Å². The Bertz CT molecular complexity index is 1190. The Kier molecular flexibility index (Phi) is 8.59. The summed E-state index contributed by atoms with van der Waals surface area (Å²) in [7, 11) is 1.64. The summed E-state index contributed by atoms with van der Waals surface area (Å²) in [6.07, 6.45) is 2.24. The van der Waals surface area contributed by atoms with Gasteiger partial charge in [-0.15, -0.1) is 0 Å². The van der Waals surface area contributed by atoms with Crippen molar-refractivity contribution in [2.24, 2.45) is 0 Å². The summed E-state index contributed by atoms with van der Waals surface area (Å²) in [4.78, 5) is 37.2. The second kappa shape index (κ2) is 11.4. The Labute approximate surface area is 237 Å². The number of pyridine rings is 1. The molecule has 1 fully saturated rings. The van der Waals surface area contributed by atoms with Gasteiger partial charge in [-0.3, -0.25) is 14.7 Å². The van der Waals surface area contributed by atoms with Crippen LogP contribution in [0.15, 0.2) is 36.5 Å². The van der Waals surface area contributed by atoms with E-state index in [0.29, 0.717) is 37.7 Å². The number of benzene rings is 1. The number of methoxy groups -OCH3 is 1. The fraction of sp³-hybridized carbons (Fsp3) is 0.567. The first-order valence-electron chi connectivity index (χ1n) is 13.5. The zero-order valence-electron chi connectivity index (χ0n) is 24.2. The quantitative estimate of drug-likeness (QED) is 0.503. The van der Waals surface area contributed by atoms with Crippen LogP contribution < -0.4 is 4.90 Å². The average molecular weight is 557 g/mol. The molecule has 2 amide bonds. The van der Waals surface area contributed by atoms with E-state index < -0.39 is 5.60 Å². The maximum Gasteiger partial charge on any atom is 0.410 e. The van der Waals surface area contributed by atoms with E-state index in [4.69, 9.17) is 26.1 Å². The summed E-state index contributed by atoms with van der Waals surface area (Å²) in [6, 6.07) is 9.59. The summed E-state index contributed by atoms with van der Waals surface area (Å²) in [5, 5.41) is 0.701. The van der Waals surface area contributed by atoms with Crippen LogP contribution in [0.2, 0.25) is 5.02 Å². The highest BCUT2D eigenvalue weighted by Crippen LogP contribution is 2.40. The molecule has 0 radical (unpaired) electrons. The van der Waals surface area contributed by atoms with Crippen LogP contribution in [0.1, 0.15) is 58.4 Å². The van der Waals surface area contributed by atoms with E-state index in [1.165, 1.54) is 0 Å². The van der Waals surface area contributed by atoms with Crippen LogP contribution in [-0.2, 0) is 26.1 Å². The molecule has 0 bridgehead atoms. The van der Waals surface area contributed by atoms with E-state index in [-0.39, 0.29) is 36.0 Å². The number of fused-ring (bicyclic) bond motifs is 1. The van der Waals surface area contributed by atoms with Gasteiger partial charge < -0.3 is 19.3 Å². The van der Waals surface area contributed by atoms with Crippen LogP contribution in [-0.4, -0.2) is 84.4 Å². The van der Waals surface area contributed by atoms with Gasteiger partial charge in [0, 0.05) is 67.1 Å². The topological polar surface area (TPSA) is 75.2 Å². The molecule has 0 spiro atoms. The number of halogens is 1. The number of aromatic nitrogens is 1. The third-order valence-electron chi connectivity index (χ3n) is 7.39. The standard InChI is InChI=1S/C30H41ClN4O4/c1-20-15-33(24(18-38-7)16-34(20)28(37)39-29(2,3)4)17-27(36)35-19-30(5,6)25-14-32-23(13-26(25)35)12-21-8-10-22(31)11-9-21/h8-11,13-14,20,24H,12,15-19H2,1-7H3/t20-,24-/m1/s1. The van der Waals surface area contributed by atoms with Gasteiger partial charge in [-0.1, -0.05) is 37.6 Å². The van der Waals surface area contributed by atoms with E-state index in [0.717, 1.165) is 22.5 Å². The Balaban J connectivity index is 1.51. The summed E-state index contributed by atoms with van der Waals surface area (Å²) < 4.78 is 11.1. The predicted molar refractivity (Wildman–Crippen MR) is 154 cm³/mol. The van der Waals surface area contributed by atoms with Crippen LogP contribution in [0.4, 0.5) is 10.5 Å². The number of hydrogen-bond donors (Lipinski definition) is 0. The van der Waals surface area contributed by atoms with Crippen molar-refractivity contribution >= 4 is 29.3 Å². The molecule has 2 aliphatic heterocycles. The minimum atomic E-state index is -0.572. The van der Waals surface area contributed by atoms with Crippen molar-refractivity contribution in [3.05, 3.63) is 58.4 Å². The molecular weight excluding hydrogens is 516 g/mol. The second-order valence-electron chi connectivity index (χ2n) is 12.4. The van der Waals surface area contributed by atoms with Crippen molar-refractivity contribution < 1.29 is 19.1 Å².